The molecular weight excluding hydrogens is 406 g/mol. The molecule has 0 aliphatic carbocycles. The first-order valence-corrected chi connectivity index (χ1v) is 10.6. The Labute approximate surface area is 187 Å². The molecule has 1 heterocycles. The van der Waals surface area contributed by atoms with Crippen molar-refractivity contribution in [3.63, 3.8) is 0 Å². The number of nitrogens with zero attached hydrogens (tertiary/aromatic N) is 3. The number of nitro groups is 1. The Morgan fingerprint density at radius 2 is 1.53 bits per heavy atom. The largest absolute Gasteiger partial charge is 0.483 e. The third kappa shape index (κ3) is 5.24. The highest BCUT2D eigenvalue weighted by atomic mass is 16.6. The molecular formula is C25H25N3O4. The van der Waals surface area contributed by atoms with E-state index in [0.29, 0.717) is 26.2 Å². The van der Waals surface area contributed by atoms with Crippen LogP contribution in [0.25, 0.3) is 0 Å². The molecule has 1 aliphatic heterocycles. The van der Waals surface area contributed by atoms with Gasteiger partial charge in [-0.05, 0) is 29.3 Å². The van der Waals surface area contributed by atoms with Crippen LogP contribution in [0.3, 0.4) is 0 Å². The fourth-order valence-electron chi connectivity index (χ4n) is 3.84. The summed E-state index contributed by atoms with van der Waals surface area (Å²) in [6.45, 7) is 2.53. The summed E-state index contributed by atoms with van der Waals surface area (Å²) in [5.74, 6) is 0.692. The highest BCUT2D eigenvalue weighted by Gasteiger charge is 2.22. The average molecular weight is 431 g/mol. The second kappa shape index (κ2) is 9.96. The normalized spacial score (nSPS) is 13.6. The number of ether oxygens (including phenoxy) is 1. The molecule has 0 aromatic heterocycles. The van der Waals surface area contributed by atoms with Gasteiger partial charge in [-0.2, -0.15) is 0 Å². The first-order valence-electron chi connectivity index (χ1n) is 10.6. The van der Waals surface area contributed by atoms with E-state index in [1.54, 1.807) is 12.1 Å². The van der Waals surface area contributed by atoms with Crippen LogP contribution >= 0.6 is 0 Å². The number of non-ortho nitro benzene ring substituents is 1. The molecule has 0 bridgehead atoms. The number of carbonyl (C=O) groups is 1. The lowest BCUT2D eigenvalue weighted by atomic mass is 10.0. The summed E-state index contributed by atoms with van der Waals surface area (Å²) in [6.07, 6.45) is 0.749. The summed E-state index contributed by atoms with van der Waals surface area (Å²) in [6, 6.07) is 24.5. The van der Waals surface area contributed by atoms with Crippen LogP contribution in [-0.2, 0) is 11.2 Å². The molecule has 0 radical (unpaired) electrons. The van der Waals surface area contributed by atoms with Crippen LogP contribution < -0.4 is 9.64 Å². The summed E-state index contributed by atoms with van der Waals surface area (Å²) < 4.78 is 5.90. The van der Waals surface area contributed by atoms with E-state index in [1.165, 1.54) is 17.7 Å². The molecule has 32 heavy (non-hydrogen) atoms. The Bertz CT molecular complexity index is 1060. The van der Waals surface area contributed by atoms with Crippen LogP contribution in [0.1, 0.15) is 11.1 Å². The lowest BCUT2D eigenvalue weighted by molar-refractivity contribution is -0.384. The SMILES string of the molecule is O=C(COc1ccccc1Cc1ccccc1)N1CCN(c2ccc([N+](=O)[O-])cc2)CC1. The molecule has 1 fully saturated rings. The van der Waals surface area contributed by atoms with E-state index in [9.17, 15) is 14.9 Å². The summed E-state index contributed by atoms with van der Waals surface area (Å²) in [7, 11) is 0. The van der Waals surface area contributed by atoms with Crippen molar-refractivity contribution >= 4 is 17.3 Å². The predicted molar refractivity (Wildman–Crippen MR) is 123 cm³/mol. The van der Waals surface area contributed by atoms with Gasteiger partial charge in [-0.25, -0.2) is 0 Å². The van der Waals surface area contributed by atoms with Gasteiger partial charge in [0.25, 0.3) is 11.6 Å². The van der Waals surface area contributed by atoms with Crippen LogP contribution in [0.2, 0.25) is 0 Å². The molecule has 7 heteroatoms. The first-order chi connectivity index (χ1) is 15.6. The van der Waals surface area contributed by atoms with Crippen molar-refractivity contribution < 1.29 is 14.5 Å². The Kier molecular flexibility index (Phi) is 6.65. The maximum absolute atomic E-state index is 12.7. The van der Waals surface area contributed by atoms with E-state index in [1.807, 2.05) is 47.4 Å². The standard InChI is InChI=1S/C25H25N3O4/c29-25(19-32-24-9-5-4-8-21(24)18-20-6-2-1-3-7-20)27-16-14-26(15-17-27)22-10-12-23(13-11-22)28(30)31/h1-13H,14-19H2. The molecule has 1 amide bonds. The fourth-order valence-corrected chi connectivity index (χ4v) is 3.84. The van der Waals surface area contributed by atoms with Gasteiger partial charge < -0.3 is 14.5 Å². The maximum Gasteiger partial charge on any atom is 0.269 e. The van der Waals surface area contributed by atoms with E-state index < -0.39 is 4.92 Å². The second-order valence-corrected chi connectivity index (χ2v) is 7.70. The predicted octanol–water partition coefficient (Wildman–Crippen LogP) is 3.91. The molecule has 1 saturated heterocycles. The van der Waals surface area contributed by atoms with Crippen LogP contribution in [-0.4, -0.2) is 48.5 Å². The zero-order chi connectivity index (χ0) is 22.3. The van der Waals surface area contributed by atoms with Crippen LogP contribution in [0.15, 0.2) is 78.9 Å². The lowest BCUT2D eigenvalue weighted by Crippen LogP contribution is -2.50. The number of anilines is 1. The Balaban J connectivity index is 1.30. The highest BCUT2D eigenvalue weighted by Crippen LogP contribution is 2.23. The molecule has 4 rings (SSSR count). The number of piperazine rings is 1. The van der Waals surface area contributed by atoms with E-state index in [0.717, 1.165) is 23.4 Å². The highest BCUT2D eigenvalue weighted by molar-refractivity contribution is 5.78. The summed E-state index contributed by atoms with van der Waals surface area (Å²) in [4.78, 5) is 27.1. The molecule has 164 valence electrons. The van der Waals surface area contributed by atoms with Gasteiger partial charge in [-0.1, -0.05) is 48.5 Å². The van der Waals surface area contributed by atoms with Gasteiger partial charge in [0, 0.05) is 50.4 Å². The molecule has 0 atom stereocenters. The quantitative estimate of drug-likeness (QED) is 0.419. The van der Waals surface area contributed by atoms with Crippen molar-refractivity contribution in [2.75, 3.05) is 37.7 Å². The van der Waals surface area contributed by atoms with Crippen LogP contribution in [0.5, 0.6) is 5.75 Å². The van der Waals surface area contributed by atoms with Crippen molar-refractivity contribution in [2.45, 2.75) is 6.42 Å². The minimum atomic E-state index is -0.404. The Morgan fingerprint density at radius 1 is 0.875 bits per heavy atom. The zero-order valence-electron chi connectivity index (χ0n) is 17.7. The van der Waals surface area contributed by atoms with Crippen molar-refractivity contribution in [3.8, 4) is 5.75 Å². The topological polar surface area (TPSA) is 75.9 Å². The molecule has 3 aromatic carbocycles. The zero-order valence-corrected chi connectivity index (χ0v) is 17.7. The number of nitro benzene ring substituents is 1. The maximum atomic E-state index is 12.7. The van der Waals surface area contributed by atoms with Gasteiger partial charge in [0.1, 0.15) is 5.75 Å². The van der Waals surface area contributed by atoms with E-state index in [4.69, 9.17) is 4.74 Å². The summed E-state index contributed by atoms with van der Waals surface area (Å²) in [5.41, 5.74) is 3.24. The molecule has 0 N–H and O–H groups in total. The monoisotopic (exact) mass is 431 g/mol. The third-order valence-electron chi connectivity index (χ3n) is 5.62. The Morgan fingerprint density at radius 3 is 2.22 bits per heavy atom. The fraction of sp³-hybridized carbons (Fsp3) is 0.240. The number of carbonyl (C=O) groups excluding carboxylic acids is 1. The number of para-hydroxylation sites is 1. The van der Waals surface area contributed by atoms with Crippen molar-refractivity contribution in [1.29, 1.82) is 0 Å². The lowest BCUT2D eigenvalue weighted by Gasteiger charge is -2.36. The third-order valence-corrected chi connectivity index (χ3v) is 5.62. The average Bonchev–Trinajstić information content (AvgIpc) is 2.84. The molecule has 0 spiro atoms. The van der Waals surface area contributed by atoms with E-state index >= 15 is 0 Å². The Hall–Kier alpha value is -3.87. The molecule has 0 unspecified atom stereocenters. The van der Waals surface area contributed by atoms with Gasteiger partial charge in [0.05, 0.1) is 4.92 Å². The van der Waals surface area contributed by atoms with Crippen LogP contribution in [0, 0.1) is 10.1 Å². The van der Waals surface area contributed by atoms with Gasteiger partial charge in [-0.3, -0.25) is 14.9 Å². The number of benzene rings is 3. The number of hydrogen-bond acceptors (Lipinski definition) is 5. The van der Waals surface area contributed by atoms with Gasteiger partial charge in [0.15, 0.2) is 6.61 Å². The second-order valence-electron chi connectivity index (χ2n) is 7.70. The number of rotatable bonds is 7. The molecule has 7 nitrogen and oxygen atoms in total. The molecule has 3 aromatic rings. The van der Waals surface area contributed by atoms with Gasteiger partial charge in [0.2, 0.25) is 0 Å². The van der Waals surface area contributed by atoms with Crippen LogP contribution in [0.4, 0.5) is 11.4 Å². The van der Waals surface area contributed by atoms with Gasteiger partial charge >= 0.3 is 0 Å². The van der Waals surface area contributed by atoms with Crippen molar-refractivity contribution in [2.24, 2.45) is 0 Å². The van der Waals surface area contributed by atoms with E-state index in [2.05, 4.69) is 17.0 Å². The number of hydrogen-bond donors (Lipinski definition) is 0. The summed E-state index contributed by atoms with van der Waals surface area (Å²) >= 11 is 0. The molecule has 0 saturated carbocycles. The van der Waals surface area contributed by atoms with E-state index in [-0.39, 0.29) is 18.2 Å². The van der Waals surface area contributed by atoms with Crippen molar-refractivity contribution in [1.82, 2.24) is 4.90 Å². The minimum Gasteiger partial charge on any atom is -0.483 e. The smallest absolute Gasteiger partial charge is 0.269 e. The molecule has 1 aliphatic rings. The summed E-state index contributed by atoms with van der Waals surface area (Å²) in [5, 5.41) is 10.8. The minimum absolute atomic E-state index is 0.00331. The van der Waals surface area contributed by atoms with Gasteiger partial charge in [-0.15, -0.1) is 0 Å². The first kappa shape index (κ1) is 21.4. The number of amides is 1. The van der Waals surface area contributed by atoms with Crippen molar-refractivity contribution in [3.05, 3.63) is 100 Å².